The lowest BCUT2D eigenvalue weighted by molar-refractivity contribution is 0.472. The van der Waals surface area contributed by atoms with E-state index in [4.69, 9.17) is 0 Å². The molecule has 20 heavy (non-hydrogen) atoms. The zero-order chi connectivity index (χ0) is 13.9. The average molecular weight is 264 g/mol. The number of phenolic OH excluding ortho intramolecular Hbond substituents is 2. The van der Waals surface area contributed by atoms with E-state index in [0.29, 0.717) is 11.1 Å². The van der Waals surface area contributed by atoms with Crippen LogP contribution in [-0.4, -0.2) is 10.2 Å². The summed E-state index contributed by atoms with van der Waals surface area (Å²) in [6.07, 6.45) is 0. The molecule has 0 atom stereocenters. The first-order chi connectivity index (χ1) is 9.75. The first-order valence-corrected chi connectivity index (χ1v) is 6.16. The van der Waals surface area contributed by atoms with Crippen LogP contribution in [0.15, 0.2) is 70.9 Å². The molecule has 4 heteroatoms. The Bertz CT molecular complexity index is 783. The number of rotatable bonds is 2. The van der Waals surface area contributed by atoms with Crippen LogP contribution in [0.25, 0.3) is 10.8 Å². The summed E-state index contributed by atoms with van der Waals surface area (Å²) in [6.45, 7) is 0. The van der Waals surface area contributed by atoms with Gasteiger partial charge in [0.1, 0.15) is 17.2 Å². The van der Waals surface area contributed by atoms with Crippen molar-refractivity contribution in [3.63, 3.8) is 0 Å². The molecular weight excluding hydrogens is 252 g/mol. The maximum absolute atomic E-state index is 9.96. The highest BCUT2D eigenvalue weighted by Crippen LogP contribution is 2.40. The predicted octanol–water partition coefficient (Wildman–Crippen LogP) is 4.67. The largest absolute Gasteiger partial charge is 0.507 e. The fourth-order valence-corrected chi connectivity index (χ4v) is 2.03. The second kappa shape index (κ2) is 5.01. The molecule has 0 aliphatic carbocycles. The van der Waals surface area contributed by atoms with E-state index < -0.39 is 0 Å². The minimum absolute atomic E-state index is 0.0151. The van der Waals surface area contributed by atoms with Crippen LogP contribution >= 0.6 is 0 Å². The van der Waals surface area contributed by atoms with Crippen molar-refractivity contribution in [2.24, 2.45) is 10.2 Å². The molecule has 0 saturated carbocycles. The van der Waals surface area contributed by atoms with Gasteiger partial charge in [0.05, 0.1) is 11.1 Å². The van der Waals surface area contributed by atoms with Gasteiger partial charge in [-0.05, 0) is 29.7 Å². The summed E-state index contributed by atoms with van der Waals surface area (Å²) in [5.41, 5.74) is 0.948. The monoisotopic (exact) mass is 264 g/mol. The minimum Gasteiger partial charge on any atom is -0.507 e. The molecule has 3 aromatic rings. The van der Waals surface area contributed by atoms with E-state index in [1.54, 1.807) is 24.3 Å². The van der Waals surface area contributed by atoms with Crippen molar-refractivity contribution in [3.05, 3.63) is 60.7 Å². The van der Waals surface area contributed by atoms with Gasteiger partial charge in [0.15, 0.2) is 0 Å². The van der Waals surface area contributed by atoms with Gasteiger partial charge in [-0.25, -0.2) is 0 Å². The number of hydrogen-bond donors (Lipinski definition) is 2. The number of phenols is 2. The highest BCUT2D eigenvalue weighted by Gasteiger charge is 2.10. The lowest BCUT2D eigenvalue weighted by Crippen LogP contribution is -1.76. The van der Waals surface area contributed by atoms with E-state index in [1.807, 2.05) is 36.4 Å². The van der Waals surface area contributed by atoms with Crippen molar-refractivity contribution in [1.29, 1.82) is 0 Å². The van der Waals surface area contributed by atoms with E-state index in [9.17, 15) is 10.2 Å². The maximum Gasteiger partial charge on any atom is 0.143 e. The van der Waals surface area contributed by atoms with Gasteiger partial charge in [-0.1, -0.05) is 36.4 Å². The van der Waals surface area contributed by atoms with E-state index in [-0.39, 0.29) is 17.2 Å². The van der Waals surface area contributed by atoms with Crippen molar-refractivity contribution in [3.8, 4) is 11.5 Å². The lowest BCUT2D eigenvalue weighted by Gasteiger charge is -2.05. The molecule has 4 nitrogen and oxygen atoms in total. The molecular formula is C16H12N2O2. The van der Waals surface area contributed by atoms with E-state index >= 15 is 0 Å². The first kappa shape index (κ1) is 12.2. The summed E-state index contributed by atoms with van der Waals surface area (Å²) >= 11 is 0. The molecule has 0 unspecified atom stereocenters. The summed E-state index contributed by atoms with van der Waals surface area (Å²) in [5.74, 6) is 0.0547. The van der Waals surface area contributed by atoms with Crippen molar-refractivity contribution in [2.75, 3.05) is 0 Å². The Balaban J connectivity index is 2.16. The molecule has 0 amide bonds. The van der Waals surface area contributed by atoms with E-state index in [0.717, 1.165) is 5.39 Å². The Morgan fingerprint density at radius 3 is 2.25 bits per heavy atom. The zero-order valence-electron chi connectivity index (χ0n) is 10.6. The summed E-state index contributed by atoms with van der Waals surface area (Å²) in [4.78, 5) is 0. The summed E-state index contributed by atoms with van der Waals surface area (Å²) in [6, 6.07) is 17.6. The van der Waals surface area contributed by atoms with Crippen LogP contribution in [-0.2, 0) is 0 Å². The lowest BCUT2D eigenvalue weighted by atomic mass is 10.1. The van der Waals surface area contributed by atoms with Gasteiger partial charge < -0.3 is 10.2 Å². The molecule has 0 aliphatic rings. The Kier molecular flexibility index (Phi) is 3.05. The fourth-order valence-electron chi connectivity index (χ4n) is 2.03. The highest BCUT2D eigenvalue weighted by atomic mass is 16.3. The second-order valence-corrected chi connectivity index (χ2v) is 4.34. The number of hydrogen-bond acceptors (Lipinski definition) is 4. The standard InChI is InChI=1S/C16H12N2O2/c19-13-8-4-5-11-9-10-14(20)16(15(11)13)18-17-12-6-2-1-3-7-12/h1-10,19-20H. The van der Waals surface area contributed by atoms with Crippen molar-refractivity contribution in [1.82, 2.24) is 0 Å². The first-order valence-electron chi connectivity index (χ1n) is 6.16. The Morgan fingerprint density at radius 2 is 1.45 bits per heavy atom. The van der Waals surface area contributed by atoms with Gasteiger partial charge in [-0.3, -0.25) is 0 Å². The van der Waals surface area contributed by atoms with E-state index in [2.05, 4.69) is 10.2 Å². The molecule has 0 spiro atoms. The molecule has 3 aromatic carbocycles. The van der Waals surface area contributed by atoms with Crippen LogP contribution < -0.4 is 0 Å². The Hall–Kier alpha value is -2.88. The van der Waals surface area contributed by atoms with Crippen LogP contribution in [0, 0.1) is 0 Å². The number of fused-ring (bicyclic) bond motifs is 1. The van der Waals surface area contributed by atoms with Gasteiger partial charge in [0.2, 0.25) is 0 Å². The zero-order valence-corrected chi connectivity index (χ0v) is 10.6. The average Bonchev–Trinajstić information content (AvgIpc) is 2.48. The third kappa shape index (κ3) is 2.19. The summed E-state index contributed by atoms with van der Waals surface area (Å²) in [7, 11) is 0. The van der Waals surface area contributed by atoms with Gasteiger partial charge in [-0.15, -0.1) is 5.11 Å². The van der Waals surface area contributed by atoms with Crippen molar-refractivity contribution >= 4 is 22.1 Å². The number of benzene rings is 3. The molecule has 98 valence electrons. The van der Waals surface area contributed by atoms with Crippen molar-refractivity contribution < 1.29 is 10.2 Å². The van der Waals surface area contributed by atoms with Gasteiger partial charge >= 0.3 is 0 Å². The molecule has 0 radical (unpaired) electrons. The van der Waals surface area contributed by atoms with Crippen LogP contribution in [0.3, 0.4) is 0 Å². The normalized spacial score (nSPS) is 11.2. The third-order valence-electron chi connectivity index (χ3n) is 3.00. The van der Waals surface area contributed by atoms with Crippen molar-refractivity contribution in [2.45, 2.75) is 0 Å². The summed E-state index contributed by atoms with van der Waals surface area (Å²) < 4.78 is 0. The fraction of sp³-hybridized carbons (Fsp3) is 0. The Labute approximate surface area is 115 Å². The smallest absolute Gasteiger partial charge is 0.143 e. The van der Waals surface area contributed by atoms with Crippen LogP contribution in [0.5, 0.6) is 11.5 Å². The molecule has 2 N–H and O–H groups in total. The molecule has 0 aliphatic heterocycles. The third-order valence-corrected chi connectivity index (χ3v) is 3.00. The SMILES string of the molecule is Oc1ccc2cccc(O)c2c1N=Nc1ccccc1. The van der Waals surface area contributed by atoms with Crippen LogP contribution in [0.2, 0.25) is 0 Å². The maximum atomic E-state index is 9.96. The minimum atomic E-state index is -0.0151. The van der Waals surface area contributed by atoms with Gasteiger partial charge in [-0.2, -0.15) is 5.11 Å². The molecule has 3 rings (SSSR count). The highest BCUT2D eigenvalue weighted by molar-refractivity contribution is 5.99. The molecule has 0 heterocycles. The number of azo groups is 1. The van der Waals surface area contributed by atoms with Crippen LogP contribution in [0.1, 0.15) is 0 Å². The second-order valence-electron chi connectivity index (χ2n) is 4.34. The van der Waals surface area contributed by atoms with Gasteiger partial charge in [0, 0.05) is 0 Å². The summed E-state index contributed by atoms with van der Waals surface area (Å²) in [5, 5.41) is 29.4. The molecule has 0 fully saturated rings. The van der Waals surface area contributed by atoms with Crippen LogP contribution in [0.4, 0.5) is 11.4 Å². The topological polar surface area (TPSA) is 65.2 Å². The van der Waals surface area contributed by atoms with Gasteiger partial charge in [0.25, 0.3) is 0 Å². The number of aromatic hydroxyl groups is 2. The molecule has 0 aromatic heterocycles. The van der Waals surface area contributed by atoms with E-state index in [1.165, 1.54) is 0 Å². The number of nitrogens with zero attached hydrogens (tertiary/aromatic N) is 2. The predicted molar refractivity (Wildman–Crippen MR) is 77.9 cm³/mol. The quantitative estimate of drug-likeness (QED) is 0.661. The molecule has 0 bridgehead atoms. The molecule has 0 saturated heterocycles. The Morgan fingerprint density at radius 1 is 0.650 bits per heavy atom.